The first-order chi connectivity index (χ1) is 12.5. The molecule has 0 bridgehead atoms. The van der Waals surface area contributed by atoms with Gasteiger partial charge in [0.05, 0.1) is 20.8 Å². The van der Waals surface area contributed by atoms with Crippen molar-refractivity contribution in [2.45, 2.75) is 50.0 Å². The Morgan fingerprint density at radius 2 is 1.58 bits per heavy atom. The van der Waals surface area contributed by atoms with Gasteiger partial charge in [0.1, 0.15) is 35.9 Å². The van der Waals surface area contributed by atoms with Crippen molar-refractivity contribution < 1.29 is 39.4 Å². The predicted octanol–water partition coefficient (Wildman–Crippen LogP) is -0.157. The molecule has 0 saturated carbocycles. The number of aliphatic hydroxyl groups excluding tert-OH is 4. The summed E-state index contributed by atoms with van der Waals surface area (Å²) in [6, 6.07) is 5.70. The zero-order valence-corrected chi connectivity index (χ0v) is 15.1. The molecule has 1 aromatic rings. The maximum atomic E-state index is 9.90. The molecule has 8 heteroatoms. The highest BCUT2D eigenvalue weighted by Crippen LogP contribution is 2.24. The third kappa shape index (κ3) is 5.29. The molecule has 1 saturated heterocycles. The van der Waals surface area contributed by atoms with Crippen molar-refractivity contribution in [3.63, 3.8) is 0 Å². The highest BCUT2D eigenvalue weighted by molar-refractivity contribution is 5.38. The first kappa shape index (κ1) is 20.9. The predicted molar refractivity (Wildman–Crippen MR) is 92.2 cm³/mol. The molecule has 5 atom stereocenters. The molecule has 0 aromatic heterocycles. The smallest absolute Gasteiger partial charge is 0.186 e. The summed E-state index contributed by atoms with van der Waals surface area (Å²) in [5.74, 6) is 1.47. The van der Waals surface area contributed by atoms with E-state index in [1.165, 1.54) is 0 Å². The molecule has 1 aliphatic rings. The van der Waals surface area contributed by atoms with Crippen LogP contribution in [0, 0.1) is 0 Å². The third-order valence-electron chi connectivity index (χ3n) is 4.40. The minimum atomic E-state index is -1.42. The van der Waals surface area contributed by atoms with Crippen molar-refractivity contribution in [1.29, 1.82) is 0 Å². The van der Waals surface area contributed by atoms with Gasteiger partial charge in [-0.05, 0) is 37.0 Å². The van der Waals surface area contributed by atoms with E-state index in [0.29, 0.717) is 13.0 Å². The zero-order valence-electron chi connectivity index (χ0n) is 15.1. The summed E-state index contributed by atoms with van der Waals surface area (Å²) in [5.41, 5.74) is 1.08. The molecule has 1 aliphatic heterocycles. The second-order valence-corrected chi connectivity index (χ2v) is 6.25. The van der Waals surface area contributed by atoms with E-state index in [1.807, 2.05) is 18.2 Å². The Balaban J connectivity index is 1.77. The molecular weight excluding hydrogens is 344 g/mol. The maximum absolute atomic E-state index is 9.90. The van der Waals surface area contributed by atoms with Crippen LogP contribution in [0.15, 0.2) is 18.2 Å². The topological polar surface area (TPSA) is 118 Å². The molecule has 1 aromatic carbocycles. The monoisotopic (exact) mass is 372 g/mol. The van der Waals surface area contributed by atoms with Crippen LogP contribution in [-0.4, -0.2) is 78.6 Å². The summed E-state index contributed by atoms with van der Waals surface area (Å²) in [5, 5.41) is 38.5. The average Bonchev–Trinajstić information content (AvgIpc) is 2.67. The summed E-state index contributed by atoms with van der Waals surface area (Å²) in [6.45, 7) is -0.160. The number of benzene rings is 1. The normalized spacial score (nSPS) is 28.8. The Morgan fingerprint density at radius 3 is 2.15 bits per heavy atom. The molecule has 0 spiro atoms. The zero-order chi connectivity index (χ0) is 19.1. The summed E-state index contributed by atoms with van der Waals surface area (Å²) < 4.78 is 21.2. The van der Waals surface area contributed by atoms with Gasteiger partial charge in [-0.3, -0.25) is 0 Å². The Kier molecular flexibility index (Phi) is 8.08. The number of methoxy groups -OCH3 is 2. The Morgan fingerprint density at radius 1 is 0.923 bits per heavy atom. The number of unbranched alkanes of at least 4 members (excludes halogenated alkanes) is 1. The van der Waals surface area contributed by atoms with Crippen LogP contribution in [0.3, 0.4) is 0 Å². The third-order valence-corrected chi connectivity index (χ3v) is 4.40. The molecule has 8 nitrogen and oxygen atoms in total. The van der Waals surface area contributed by atoms with Crippen LogP contribution in [0.25, 0.3) is 0 Å². The fourth-order valence-electron chi connectivity index (χ4n) is 2.85. The van der Waals surface area contributed by atoms with Gasteiger partial charge < -0.3 is 39.4 Å². The Hall–Kier alpha value is -1.42. The van der Waals surface area contributed by atoms with Gasteiger partial charge in [0.2, 0.25) is 0 Å². The average molecular weight is 372 g/mol. The molecular formula is C18H28O8. The number of rotatable bonds is 9. The van der Waals surface area contributed by atoms with E-state index in [9.17, 15) is 15.3 Å². The SMILES string of the molecule is COc1cc(CCCCOC2OC(CO)C(O)C(O)C2O)cc(OC)c1. The van der Waals surface area contributed by atoms with Crippen LogP contribution in [0.1, 0.15) is 18.4 Å². The van der Waals surface area contributed by atoms with Crippen molar-refractivity contribution in [2.24, 2.45) is 0 Å². The molecule has 0 amide bonds. The molecule has 0 aliphatic carbocycles. The first-order valence-electron chi connectivity index (χ1n) is 8.64. The van der Waals surface area contributed by atoms with Crippen LogP contribution >= 0.6 is 0 Å². The van der Waals surface area contributed by atoms with Crippen LogP contribution in [0.4, 0.5) is 0 Å². The fourth-order valence-corrected chi connectivity index (χ4v) is 2.85. The van der Waals surface area contributed by atoms with Gasteiger partial charge in [-0.25, -0.2) is 0 Å². The summed E-state index contributed by atoms with van der Waals surface area (Å²) in [4.78, 5) is 0. The number of ether oxygens (including phenoxy) is 4. The Labute approximate surface area is 152 Å². The lowest BCUT2D eigenvalue weighted by Gasteiger charge is -2.39. The number of hydrogen-bond acceptors (Lipinski definition) is 8. The molecule has 26 heavy (non-hydrogen) atoms. The van der Waals surface area contributed by atoms with Crippen LogP contribution in [0.5, 0.6) is 11.5 Å². The van der Waals surface area contributed by atoms with E-state index in [-0.39, 0.29) is 0 Å². The van der Waals surface area contributed by atoms with Crippen molar-refractivity contribution in [3.05, 3.63) is 23.8 Å². The van der Waals surface area contributed by atoms with Crippen molar-refractivity contribution in [3.8, 4) is 11.5 Å². The van der Waals surface area contributed by atoms with Gasteiger partial charge in [-0.2, -0.15) is 0 Å². The van der Waals surface area contributed by atoms with E-state index in [1.54, 1.807) is 14.2 Å². The summed E-state index contributed by atoms with van der Waals surface area (Å²) in [6.07, 6.45) is -3.87. The minimum absolute atomic E-state index is 0.309. The number of aliphatic hydroxyl groups is 4. The van der Waals surface area contributed by atoms with Gasteiger partial charge in [-0.1, -0.05) is 0 Å². The molecule has 1 heterocycles. The van der Waals surface area contributed by atoms with Gasteiger partial charge in [0.25, 0.3) is 0 Å². The van der Waals surface area contributed by atoms with Crippen molar-refractivity contribution in [1.82, 2.24) is 0 Å². The first-order valence-corrected chi connectivity index (χ1v) is 8.64. The highest BCUT2D eigenvalue weighted by Gasteiger charge is 2.43. The van der Waals surface area contributed by atoms with E-state index >= 15 is 0 Å². The fraction of sp³-hybridized carbons (Fsp3) is 0.667. The van der Waals surface area contributed by atoms with Crippen LogP contribution < -0.4 is 9.47 Å². The van der Waals surface area contributed by atoms with E-state index in [4.69, 9.17) is 24.1 Å². The van der Waals surface area contributed by atoms with Crippen LogP contribution in [0.2, 0.25) is 0 Å². The molecule has 4 N–H and O–H groups in total. The van der Waals surface area contributed by atoms with E-state index < -0.39 is 37.3 Å². The lowest BCUT2D eigenvalue weighted by atomic mass is 9.99. The summed E-state index contributed by atoms with van der Waals surface area (Å²) in [7, 11) is 3.21. The lowest BCUT2D eigenvalue weighted by Crippen LogP contribution is -2.59. The van der Waals surface area contributed by atoms with E-state index in [0.717, 1.165) is 29.9 Å². The number of hydrogen-bond donors (Lipinski definition) is 4. The van der Waals surface area contributed by atoms with Crippen molar-refractivity contribution in [2.75, 3.05) is 27.4 Å². The van der Waals surface area contributed by atoms with Crippen molar-refractivity contribution >= 4 is 0 Å². The largest absolute Gasteiger partial charge is 0.497 e. The van der Waals surface area contributed by atoms with Gasteiger partial charge >= 0.3 is 0 Å². The molecule has 1 fully saturated rings. The van der Waals surface area contributed by atoms with Gasteiger partial charge in [-0.15, -0.1) is 0 Å². The minimum Gasteiger partial charge on any atom is -0.497 e. The standard InChI is InChI=1S/C18H28O8/c1-23-12-7-11(8-13(9-12)24-2)5-3-4-6-25-18-17(22)16(21)15(20)14(10-19)26-18/h7-9,14-22H,3-6,10H2,1-2H3. The molecule has 2 rings (SSSR count). The summed E-state index contributed by atoms with van der Waals surface area (Å²) >= 11 is 0. The lowest BCUT2D eigenvalue weighted by molar-refractivity contribution is -0.301. The van der Waals surface area contributed by atoms with Gasteiger partial charge in [0, 0.05) is 12.7 Å². The highest BCUT2D eigenvalue weighted by atomic mass is 16.7. The maximum Gasteiger partial charge on any atom is 0.186 e. The van der Waals surface area contributed by atoms with Gasteiger partial charge in [0.15, 0.2) is 6.29 Å². The molecule has 5 unspecified atom stereocenters. The Bertz CT molecular complexity index is 528. The number of aryl methyl sites for hydroxylation is 1. The van der Waals surface area contributed by atoms with Crippen LogP contribution in [-0.2, 0) is 15.9 Å². The quantitative estimate of drug-likeness (QED) is 0.442. The molecule has 148 valence electrons. The second-order valence-electron chi connectivity index (χ2n) is 6.25. The molecule has 0 radical (unpaired) electrons. The van der Waals surface area contributed by atoms with E-state index in [2.05, 4.69) is 0 Å². The second kappa shape index (κ2) is 10.1.